The molecule has 3 aromatic rings. The quantitative estimate of drug-likeness (QED) is 0.390. The molecule has 6 rings (SSSR count). The SMILES string of the molecule is COc1ccc(CC(=O)N2CC3=COC=CN3C3=C2CNC(c2cccc4c2ccn4[Si](C)(C)C(C)(C)C)N3)cc1. The molecule has 3 aliphatic heterocycles. The fourth-order valence-electron chi connectivity index (χ4n) is 5.67. The Labute approximate surface area is 243 Å². The largest absolute Gasteiger partial charge is 0.497 e. The Kier molecular flexibility index (Phi) is 6.74. The number of methoxy groups -OCH3 is 1. The molecular weight excluding hydrogens is 530 g/mol. The van der Waals surface area contributed by atoms with E-state index in [-0.39, 0.29) is 17.1 Å². The van der Waals surface area contributed by atoms with Crippen LogP contribution in [0.15, 0.2) is 90.7 Å². The van der Waals surface area contributed by atoms with Crippen molar-refractivity contribution in [2.45, 2.75) is 51.5 Å². The van der Waals surface area contributed by atoms with Crippen molar-refractivity contribution in [1.29, 1.82) is 0 Å². The lowest BCUT2D eigenvalue weighted by Crippen LogP contribution is -2.54. The topological polar surface area (TPSA) is 71.0 Å². The molecule has 2 N–H and O–H groups in total. The number of carbonyl (C=O) groups is 1. The minimum Gasteiger partial charge on any atom is -0.497 e. The van der Waals surface area contributed by atoms with Crippen LogP contribution in [0, 0.1) is 0 Å². The van der Waals surface area contributed by atoms with Crippen LogP contribution in [0.2, 0.25) is 18.1 Å². The molecule has 4 heterocycles. The minimum absolute atomic E-state index is 0.0355. The van der Waals surface area contributed by atoms with Crippen LogP contribution in [0.1, 0.15) is 38.1 Å². The Bertz CT molecular complexity index is 1580. The van der Waals surface area contributed by atoms with Crippen molar-refractivity contribution in [3.63, 3.8) is 0 Å². The number of nitrogens with zero attached hydrogens (tertiary/aromatic N) is 3. The summed E-state index contributed by atoms with van der Waals surface area (Å²) in [6.07, 6.45) is 7.75. The van der Waals surface area contributed by atoms with E-state index in [0.29, 0.717) is 19.5 Å². The smallest absolute Gasteiger partial charge is 0.231 e. The molecular formula is C32H39N5O3Si. The Hall–Kier alpha value is -3.95. The molecule has 0 saturated heterocycles. The molecule has 214 valence electrons. The standard InChI is InChI=1S/C32H39N5O3Si/c1-32(2,3)41(5,6)37-15-14-25-26(8-7-9-27(25)37)30-33-19-28-31(34-30)35-16-17-40-21-23(35)20-36(28)29(38)18-22-10-12-24(39-4)13-11-22/h7-17,21,30,33-34H,18-20H2,1-6H3. The summed E-state index contributed by atoms with van der Waals surface area (Å²) in [4.78, 5) is 17.6. The molecule has 0 bridgehead atoms. The number of amides is 1. The Morgan fingerprint density at radius 1 is 1.12 bits per heavy atom. The van der Waals surface area contributed by atoms with Crippen LogP contribution in [-0.4, -0.2) is 48.4 Å². The van der Waals surface area contributed by atoms with Gasteiger partial charge in [-0.05, 0) is 46.6 Å². The van der Waals surface area contributed by atoms with E-state index in [0.717, 1.165) is 28.5 Å². The van der Waals surface area contributed by atoms with Gasteiger partial charge < -0.3 is 23.9 Å². The van der Waals surface area contributed by atoms with Gasteiger partial charge >= 0.3 is 0 Å². The summed E-state index contributed by atoms with van der Waals surface area (Å²) in [5.41, 5.74) is 5.24. The molecule has 0 radical (unpaired) electrons. The minimum atomic E-state index is -1.80. The van der Waals surface area contributed by atoms with E-state index >= 15 is 0 Å². The predicted octanol–water partition coefficient (Wildman–Crippen LogP) is 5.59. The molecule has 8 nitrogen and oxygen atoms in total. The van der Waals surface area contributed by atoms with E-state index in [9.17, 15) is 4.79 Å². The van der Waals surface area contributed by atoms with E-state index in [1.807, 2.05) is 35.4 Å². The fourth-order valence-corrected chi connectivity index (χ4v) is 7.64. The molecule has 9 heteroatoms. The third-order valence-electron chi connectivity index (χ3n) is 9.05. The van der Waals surface area contributed by atoms with Crippen LogP contribution < -0.4 is 15.4 Å². The summed E-state index contributed by atoms with van der Waals surface area (Å²) in [6, 6.07) is 16.5. The molecule has 1 amide bonds. The van der Waals surface area contributed by atoms with Crippen LogP contribution in [0.3, 0.4) is 0 Å². The molecule has 0 fully saturated rings. The van der Waals surface area contributed by atoms with E-state index in [2.05, 4.69) is 84.1 Å². The van der Waals surface area contributed by atoms with Gasteiger partial charge in [-0.2, -0.15) is 0 Å². The lowest BCUT2D eigenvalue weighted by molar-refractivity contribution is -0.129. The molecule has 2 aromatic carbocycles. The first kappa shape index (κ1) is 27.2. The number of hydrogen-bond acceptors (Lipinski definition) is 6. The number of nitrogens with one attached hydrogen (secondary N) is 2. The zero-order valence-electron chi connectivity index (χ0n) is 24.7. The lowest BCUT2D eigenvalue weighted by atomic mass is 10.0. The highest BCUT2D eigenvalue weighted by Crippen LogP contribution is 2.40. The summed E-state index contributed by atoms with van der Waals surface area (Å²) in [5.74, 6) is 1.71. The van der Waals surface area contributed by atoms with Crippen molar-refractivity contribution in [3.05, 3.63) is 102 Å². The third kappa shape index (κ3) is 4.72. The Morgan fingerprint density at radius 2 is 1.90 bits per heavy atom. The molecule has 0 saturated carbocycles. The second-order valence-electron chi connectivity index (χ2n) is 12.4. The average molecular weight is 570 g/mol. The number of hydrogen-bond donors (Lipinski definition) is 2. The molecule has 1 aromatic heterocycles. The molecule has 0 spiro atoms. The van der Waals surface area contributed by atoms with Crippen molar-refractivity contribution in [2.75, 3.05) is 20.2 Å². The summed E-state index contributed by atoms with van der Waals surface area (Å²) in [6.45, 7) is 12.9. The second-order valence-corrected chi connectivity index (χ2v) is 17.5. The van der Waals surface area contributed by atoms with Crippen LogP contribution in [0.4, 0.5) is 0 Å². The predicted molar refractivity (Wildman–Crippen MR) is 164 cm³/mol. The monoisotopic (exact) mass is 569 g/mol. The van der Waals surface area contributed by atoms with Crippen molar-refractivity contribution < 1.29 is 14.3 Å². The summed E-state index contributed by atoms with van der Waals surface area (Å²) < 4.78 is 13.3. The van der Waals surface area contributed by atoms with Crippen LogP contribution in [0.25, 0.3) is 10.9 Å². The Balaban J connectivity index is 1.33. The molecule has 41 heavy (non-hydrogen) atoms. The van der Waals surface area contributed by atoms with Crippen LogP contribution >= 0.6 is 0 Å². The maximum atomic E-state index is 13.7. The van der Waals surface area contributed by atoms with Gasteiger partial charge in [0.25, 0.3) is 0 Å². The molecule has 3 aliphatic rings. The summed E-state index contributed by atoms with van der Waals surface area (Å²) in [7, 11) is -0.158. The van der Waals surface area contributed by atoms with E-state index in [1.165, 1.54) is 16.5 Å². The van der Waals surface area contributed by atoms with Gasteiger partial charge in [0.2, 0.25) is 5.91 Å². The van der Waals surface area contributed by atoms with Crippen molar-refractivity contribution in [3.8, 4) is 5.75 Å². The number of rotatable bonds is 5. The average Bonchev–Trinajstić information content (AvgIpc) is 3.41. The summed E-state index contributed by atoms with van der Waals surface area (Å²) >= 11 is 0. The van der Waals surface area contributed by atoms with Crippen molar-refractivity contribution in [2.24, 2.45) is 0 Å². The van der Waals surface area contributed by atoms with Gasteiger partial charge in [-0.3, -0.25) is 15.0 Å². The van der Waals surface area contributed by atoms with Gasteiger partial charge in [-0.15, -0.1) is 0 Å². The number of ether oxygens (including phenoxy) is 2. The number of aromatic nitrogens is 1. The van der Waals surface area contributed by atoms with E-state index in [4.69, 9.17) is 9.47 Å². The first-order valence-electron chi connectivity index (χ1n) is 14.2. The van der Waals surface area contributed by atoms with Gasteiger partial charge in [0.1, 0.15) is 30.3 Å². The highest BCUT2D eigenvalue weighted by Gasteiger charge is 2.39. The van der Waals surface area contributed by atoms with Gasteiger partial charge in [0, 0.05) is 23.6 Å². The van der Waals surface area contributed by atoms with Crippen molar-refractivity contribution >= 4 is 25.0 Å². The number of carbonyl (C=O) groups excluding carboxylic acids is 1. The molecule has 0 aliphatic carbocycles. The number of fused-ring (bicyclic) bond motifs is 3. The van der Waals surface area contributed by atoms with Gasteiger partial charge in [-0.1, -0.05) is 58.1 Å². The van der Waals surface area contributed by atoms with Crippen LogP contribution in [-0.2, 0) is 16.0 Å². The molecule has 1 atom stereocenters. The maximum Gasteiger partial charge on any atom is 0.231 e. The number of benzene rings is 2. The van der Waals surface area contributed by atoms with Crippen molar-refractivity contribution in [1.82, 2.24) is 24.7 Å². The maximum absolute atomic E-state index is 13.7. The van der Waals surface area contributed by atoms with E-state index < -0.39 is 8.24 Å². The van der Waals surface area contributed by atoms with Gasteiger partial charge in [0.15, 0.2) is 8.24 Å². The lowest BCUT2D eigenvalue weighted by Gasteiger charge is -2.45. The van der Waals surface area contributed by atoms with Crippen LogP contribution in [0.5, 0.6) is 5.75 Å². The molecule has 1 unspecified atom stereocenters. The van der Waals surface area contributed by atoms with E-state index in [1.54, 1.807) is 19.6 Å². The zero-order valence-corrected chi connectivity index (χ0v) is 25.7. The zero-order chi connectivity index (χ0) is 28.9. The second kappa shape index (κ2) is 10.1. The first-order chi connectivity index (χ1) is 19.6. The third-order valence-corrected chi connectivity index (χ3v) is 14.3. The first-order valence-corrected chi connectivity index (χ1v) is 17.1. The Morgan fingerprint density at radius 3 is 2.63 bits per heavy atom. The normalized spacial score (nSPS) is 18.9. The van der Waals surface area contributed by atoms with Gasteiger partial charge in [-0.25, -0.2) is 0 Å². The summed E-state index contributed by atoms with van der Waals surface area (Å²) in [5, 5.41) is 8.88. The highest BCUT2D eigenvalue weighted by atomic mass is 28.3. The van der Waals surface area contributed by atoms with Gasteiger partial charge in [0.05, 0.1) is 31.5 Å². The highest BCUT2D eigenvalue weighted by molar-refractivity contribution is 6.79. The fraction of sp³-hybridized carbons (Fsp3) is 0.344.